The molecule has 2 atom stereocenters. The predicted molar refractivity (Wildman–Crippen MR) is 110 cm³/mol. The molecule has 2 fully saturated rings. The molecule has 8 heteroatoms. The number of likely N-dealkylation sites (tertiary alicyclic amines) is 1. The van der Waals surface area contributed by atoms with Gasteiger partial charge >= 0.3 is 0 Å². The molecule has 0 radical (unpaired) electrons. The van der Waals surface area contributed by atoms with E-state index in [1.54, 1.807) is 12.1 Å². The Morgan fingerprint density at radius 3 is 2.10 bits per heavy atom. The van der Waals surface area contributed by atoms with Gasteiger partial charge in [-0.1, -0.05) is 12.1 Å². The number of amides is 1. The summed E-state index contributed by atoms with van der Waals surface area (Å²) < 4.78 is 27.3. The van der Waals surface area contributed by atoms with Crippen LogP contribution >= 0.6 is 0 Å². The lowest BCUT2D eigenvalue weighted by molar-refractivity contribution is -0.896. The van der Waals surface area contributed by atoms with Crippen LogP contribution in [0, 0.1) is 0 Å². The van der Waals surface area contributed by atoms with Crippen molar-refractivity contribution in [2.24, 2.45) is 0 Å². The Kier molecular flexibility index (Phi) is 6.76. The van der Waals surface area contributed by atoms with Crippen molar-refractivity contribution in [2.45, 2.75) is 57.0 Å². The van der Waals surface area contributed by atoms with E-state index in [2.05, 4.69) is 13.8 Å². The molecule has 3 rings (SSSR count). The molecule has 0 spiro atoms. The first kappa shape index (κ1) is 21.9. The van der Waals surface area contributed by atoms with E-state index in [9.17, 15) is 18.0 Å². The van der Waals surface area contributed by atoms with Gasteiger partial charge in [0.15, 0.2) is 12.3 Å². The number of ketones is 1. The SMILES string of the molecule is CC(=O)c1ccc(S(=O)(=O)N2CC[NH+](CC(=O)N3[C@@H](C)CCC[C@@H]3C)CC2)cc1. The van der Waals surface area contributed by atoms with E-state index in [0.717, 1.165) is 17.7 Å². The minimum absolute atomic E-state index is 0.0897. The topological polar surface area (TPSA) is 79.2 Å². The number of hydrogen-bond donors (Lipinski definition) is 1. The Morgan fingerprint density at radius 2 is 1.59 bits per heavy atom. The first-order chi connectivity index (χ1) is 13.7. The standard InChI is InChI=1S/C21H31N3O4S/c1-16-5-4-6-17(2)24(16)21(26)15-22-11-13-23(14-12-22)29(27,28)20-9-7-19(8-10-20)18(3)25/h7-10,16-17H,4-6,11-15H2,1-3H3/p+1/t16-,17-/m0/s1. The highest BCUT2D eigenvalue weighted by atomic mass is 32.2. The number of Topliss-reactive ketones (excluding diaryl/α,β-unsaturated/α-hetero) is 1. The van der Waals surface area contributed by atoms with Crippen LogP contribution in [0.15, 0.2) is 29.2 Å². The van der Waals surface area contributed by atoms with Gasteiger partial charge in [0.25, 0.3) is 5.91 Å². The zero-order chi connectivity index (χ0) is 21.2. The van der Waals surface area contributed by atoms with E-state index in [0.29, 0.717) is 38.3 Å². The maximum atomic E-state index is 12.9. The van der Waals surface area contributed by atoms with Crippen LogP contribution in [0.25, 0.3) is 0 Å². The van der Waals surface area contributed by atoms with Gasteiger partial charge in [-0.05, 0) is 52.2 Å². The van der Waals surface area contributed by atoms with Gasteiger partial charge in [-0.25, -0.2) is 8.42 Å². The lowest BCUT2D eigenvalue weighted by atomic mass is 9.97. The van der Waals surface area contributed by atoms with Crippen molar-refractivity contribution in [3.63, 3.8) is 0 Å². The summed E-state index contributed by atoms with van der Waals surface area (Å²) in [5, 5.41) is 0. The molecule has 2 aliphatic rings. The van der Waals surface area contributed by atoms with Crippen molar-refractivity contribution < 1.29 is 22.9 Å². The van der Waals surface area contributed by atoms with Gasteiger partial charge in [0.2, 0.25) is 10.0 Å². The number of piperidine rings is 1. The quantitative estimate of drug-likeness (QED) is 0.704. The first-order valence-corrected chi connectivity index (χ1v) is 11.9. The van der Waals surface area contributed by atoms with Crippen LogP contribution in [-0.2, 0) is 14.8 Å². The fourth-order valence-electron chi connectivity index (χ4n) is 4.45. The molecule has 0 unspecified atom stereocenters. The summed E-state index contributed by atoms with van der Waals surface area (Å²) in [4.78, 5) is 27.6. The van der Waals surface area contributed by atoms with Gasteiger partial charge in [0, 0.05) is 17.6 Å². The molecule has 0 bridgehead atoms. The minimum Gasteiger partial charge on any atom is -0.332 e. The van der Waals surface area contributed by atoms with Crippen molar-refractivity contribution in [1.82, 2.24) is 9.21 Å². The van der Waals surface area contributed by atoms with Gasteiger partial charge in [0.05, 0.1) is 31.1 Å². The van der Waals surface area contributed by atoms with Crippen molar-refractivity contribution >= 4 is 21.7 Å². The van der Waals surface area contributed by atoms with Crippen LogP contribution in [0.3, 0.4) is 0 Å². The second-order valence-electron chi connectivity index (χ2n) is 8.34. The molecule has 2 aliphatic heterocycles. The smallest absolute Gasteiger partial charge is 0.278 e. The van der Waals surface area contributed by atoms with E-state index in [4.69, 9.17) is 0 Å². The fourth-order valence-corrected chi connectivity index (χ4v) is 5.89. The number of nitrogens with one attached hydrogen (secondary N) is 1. The molecule has 2 heterocycles. The highest BCUT2D eigenvalue weighted by molar-refractivity contribution is 7.89. The summed E-state index contributed by atoms with van der Waals surface area (Å²) in [6.45, 7) is 8.14. The first-order valence-electron chi connectivity index (χ1n) is 10.5. The number of benzene rings is 1. The third kappa shape index (κ3) is 4.87. The van der Waals surface area contributed by atoms with E-state index >= 15 is 0 Å². The van der Waals surface area contributed by atoms with Gasteiger partial charge < -0.3 is 9.80 Å². The number of sulfonamides is 1. The summed E-state index contributed by atoms with van der Waals surface area (Å²) in [7, 11) is -3.58. The fraction of sp³-hybridized carbons (Fsp3) is 0.619. The molecule has 1 aromatic carbocycles. The molecule has 0 aromatic heterocycles. The van der Waals surface area contributed by atoms with E-state index in [1.165, 1.54) is 29.8 Å². The average Bonchev–Trinajstić information content (AvgIpc) is 2.68. The number of hydrogen-bond acceptors (Lipinski definition) is 4. The molecule has 1 amide bonds. The molecule has 7 nitrogen and oxygen atoms in total. The Balaban J connectivity index is 1.58. The molecule has 1 aromatic rings. The Labute approximate surface area is 173 Å². The molecule has 160 valence electrons. The highest BCUT2D eigenvalue weighted by Crippen LogP contribution is 2.22. The van der Waals surface area contributed by atoms with Crippen LogP contribution < -0.4 is 4.90 Å². The monoisotopic (exact) mass is 422 g/mol. The summed E-state index contributed by atoms with van der Waals surface area (Å²) in [5.41, 5.74) is 0.498. The number of carbonyl (C=O) groups excluding carboxylic acids is 2. The van der Waals surface area contributed by atoms with Crippen LogP contribution in [-0.4, -0.2) is 74.1 Å². The third-order valence-corrected chi connectivity index (χ3v) is 8.12. The Bertz CT molecular complexity index is 835. The van der Waals surface area contributed by atoms with E-state index in [-0.39, 0.29) is 28.7 Å². The zero-order valence-corrected chi connectivity index (χ0v) is 18.4. The number of nitrogens with zero attached hydrogens (tertiary/aromatic N) is 2. The van der Waals surface area contributed by atoms with Crippen LogP contribution in [0.4, 0.5) is 0 Å². The zero-order valence-electron chi connectivity index (χ0n) is 17.6. The number of carbonyl (C=O) groups is 2. The number of piperazine rings is 1. The lowest BCUT2D eigenvalue weighted by Gasteiger charge is -2.40. The second-order valence-corrected chi connectivity index (χ2v) is 10.3. The average molecular weight is 423 g/mol. The van der Waals surface area contributed by atoms with Crippen molar-refractivity contribution in [2.75, 3.05) is 32.7 Å². The predicted octanol–water partition coefficient (Wildman–Crippen LogP) is 0.568. The van der Waals surface area contributed by atoms with Gasteiger partial charge in [0.1, 0.15) is 0 Å². The molecule has 1 N–H and O–H groups in total. The molecular weight excluding hydrogens is 390 g/mol. The van der Waals surface area contributed by atoms with Gasteiger partial charge in [-0.2, -0.15) is 4.31 Å². The van der Waals surface area contributed by atoms with E-state index < -0.39 is 10.0 Å². The maximum absolute atomic E-state index is 12.9. The Morgan fingerprint density at radius 1 is 1.03 bits per heavy atom. The van der Waals surface area contributed by atoms with Crippen LogP contribution in [0.5, 0.6) is 0 Å². The number of rotatable bonds is 5. The summed E-state index contributed by atoms with van der Waals surface area (Å²) >= 11 is 0. The molecule has 2 saturated heterocycles. The Hall–Kier alpha value is -1.77. The van der Waals surface area contributed by atoms with E-state index in [1.807, 2.05) is 4.90 Å². The summed E-state index contributed by atoms with van der Waals surface area (Å²) in [6.07, 6.45) is 3.28. The molecular formula is C21H32N3O4S+. The molecule has 0 saturated carbocycles. The molecule has 0 aliphatic carbocycles. The third-order valence-electron chi connectivity index (χ3n) is 6.21. The summed E-state index contributed by atoms with van der Waals surface area (Å²) in [6, 6.07) is 6.66. The lowest BCUT2D eigenvalue weighted by Crippen LogP contribution is -3.15. The van der Waals surface area contributed by atoms with Gasteiger partial charge in [-0.15, -0.1) is 0 Å². The highest BCUT2D eigenvalue weighted by Gasteiger charge is 2.34. The molecule has 29 heavy (non-hydrogen) atoms. The normalized spacial score (nSPS) is 24.4. The summed E-state index contributed by atoms with van der Waals surface area (Å²) in [5.74, 6) is 0.0870. The van der Waals surface area contributed by atoms with Crippen molar-refractivity contribution in [1.29, 1.82) is 0 Å². The minimum atomic E-state index is -3.58. The van der Waals surface area contributed by atoms with Gasteiger partial charge in [-0.3, -0.25) is 9.59 Å². The largest absolute Gasteiger partial charge is 0.332 e. The second kappa shape index (κ2) is 8.93. The van der Waals surface area contributed by atoms with Crippen LogP contribution in [0.2, 0.25) is 0 Å². The maximum Gasteiger partial charge on any atom is 0.278 e. The van der Waals surface area contributed by atoms with Crippen LogP contribution in [0.1, 0.15) is 50.4 Å². The van der Waals surface area contributed by atoms with Crippen molar-refractivity contribution in [3.8, 4) is 0 Å². The van der Waals surface area contributed by atoms with Crippen molar-refractivity contribution in [3.05, 3.63) is 29.8 Å². The number of quaternary nitrogens is 1.